The third-order valence-corrected chi connectivity index (χ3v) is 2.53. The van der Waals surface area contributed by atoms with Gasteiger partial charge in [-0.25, -0.2) is 0 Å². The zero-order valence-electron chi connectivity index (χ0n) is 9.08. The lowest BCUT2D eigenvalue weighted by Gasteiger charge is -2.15. The number of nitrogens with zero attached hydrogens (tertiary/aromatic N) is 1. The van der Waals surface area contributed by atoms with Crippen molar-refractivity contribution in [2.45, 2.75) is 45.6 Å². The van der Waals surface area contributed by atoms with Crippen LogP contribution in [0.2, 0.25) is 0 Å². The fourth-order valence-electron chi connectivity index (χ4n) is 1.50. The summed E-state index contributed by atoms with van der Waals surface area (Å²) in [7, 11) is 0. The first-order valence-corrected chi connectivity index (χ1v) is 5.29. The highest BCUT2D eigenvalue weighted by Gasteiger charge is 2.25. The van der Waals surface area contributed by atoms with Gasteiger partial charge in [-0.15, -0.1) is 0 Å². The molecule has 0 unspecified atom stereocenters. The van der Waals surface area contributed by atoms with Gasteiger partial charge in [0.15, 0.2) is 0 Å². The van der Waals surface area contributed by atoms with Crippen molar-refractivity contribution in [2.75, 3.05) is 0 Å². The molecule has 76 valence electrons. The third kappa shape index (κ3) is 1.89. The Balaban J connectivity index is 2.31. The van der Waals surface area contributed by atoms with E-state index in [1.54, 1.807) is 0 Å². The van der Waals surface area contributed by atoms with Gasteiger partial charge in [-0.1, -0.05) is 13.8 Å². The highest BCUT2D eigenvalue weighted by atomic mass is 16.5. The lowest BCUT2D eigenvalue weighted by Crippen LogP contribution is -2.03. The average molecular weight is 191 g/mol. The van der Waals surface area contributed by atoms with Gasteiger partial charge in [-0.3, -0.25) is 4.98 Å². The van der Waals surface area contributed by atoms with Crippen molar-refractivity contribution < 1.29 is 4.74 Å². The molecule has 0 bridgehead atoms. The number of aromatic nitrogens is 1. The normalized spacial score (nSPS) is 16.0. The molecule has 1 aliphatic carbocycles. The zero-order valence-corrected chi connectivity index (χ0v) is 9.08. The first kappa shape index (κ1) is 9.50. The summed E-state index contributed by atoms with van der Waals surface area (Å²) < 4.78 is 5.91. The van der Waals surface area contributed by atoms with Crippen molar-refractivity contribution in [1.29, 1.82) is 0 Å². The first-order chi connectivity index (χ1) is 6.68. The Morgan fingerprint density at radius 2 is 2.07 bits per heavy atom. The van der Waals surface area contributed by atoms with E-state index >= 15 is 0 Å². The van der Waals surface area contributed by atoms with Crippen molar-refractivity contribution in [3.05, 3.63) is 23.5 Å². The topological polar surface area (TPSA) is 22.1 Å². The van der Waals surface area contributed by atoms with Crippen LogP contribution in [0.1, 0.15) is 43.7 Å². The zero-order chi connectivity index (χ0) is 10.1. The molecule has 0 spiro atoms. The van der Waals surface area contributed by atoms with E-state index in [9.17, 15) is 0 Å². The largest absolute Gasteiger partial charge is 0.490 e. The quantitative estimate of drug-likeness (QED) is 0.732. The third-order valence-electron chi connectivity index (χ3n) is 2.53. The SMILES string of the molecule is Cc1cncc(C(C)C)c1OC1CC1. The average Bonchev–Trinajstić information content (AvgIpc) is 2.91. The second-order valence-corrected chi connectivity index (χ2v) is 4.35. The summed E-state index contributed by atoms with van der Waals surface area (Å²) in [4.78, 5) is 4.21. The summed E-state index contributed by atoms with van der Waals surface area (Å²) in [6.07, 6.45) is 6.69. The van der Waals surface area contributed by atoms with E-state index in [2.05, 4.69) is 25.8 Å². The van der Waals surface area contributed by atoms with Gasteiger partial charge in [-0.2, -0.15) is 0 Å². The summed E-state index contributed by atoms with van der Waals surface area (Å²) >= 11 is 0. The number of ether oxygens (including phenoxy) is 1. The molecule has 2 heteroatoms. The van der Waals surface area contributed by atoms with Gasteiger partial charge in [0.2, 0.25) is 0 Å². The van der Waals surface area contributed by atoms with E-state index in [4.69, 9.17) is 4.74 Å². The van der Waals surface area contributed by atoms with Gasteiger partial charge < -0.3 is 4.74 Å². The van der Waals surface area contributed by atoms with E-state index in [-0.39, 0.29) is 0 Å². The van der Waals surface area contributed by atoms with Crippen molar-refractivity contribution >= 4 is 0 Å². The van der Waals surface area contributed by atoms with Gasteiger partial charge >= 0.3 is 0 Å². The van der Waals surface area contributed by atoms with Crippen LogP contribution in [-0.2, 0) is 0 Å². The van der Waals surface area contributed by atoms with E-state index in [0.29, 0.717) is 12.0 Å². The summed E-state index contributed by atoms with van der Waals surface area (Å²) in [5.41, 5.74) is 2.39. The maximum absolute atomic E-state index is 5.91. The molecule has 2 nitrogen and oxygen atoms in total. The monoisotopic (exact) mass is 191 g/mol. The Kier molecular flexibility index (Phi) is 2.44. The van der Waals surface area contributed by atoms with Crippen molar-refractivity contribution in [3.8, 4) is 5.75 Å². The van der Waals surface area contributed by atoms with Gasteiger partial charge in [-0.05, 0) is 25.7 Å². The molecule has 0 amide bonds. The van der Waals surface area contributed by atoms with Crippen LogP contribution in [0.4, 0.5) is 0 Å². The van der Waals surface area contributed by atoms with E-state index in [1.165, 1.54) is 18.4 Å². The lowest BCUT2D eigenvalue weighted by molar-refractivity contribution is 0.296. The molecule has 1 aromatic rings. The standard InChI is InChI=1S/C12H17NO/c1-8(2)11-7-13-6-9(3)12(11)14-10-4-5-10/h6-8,10H,4-5H2,1-3H3. The smallest absolute Gasteiger partial charge is 0.129 e. The van der Waals surface area contributed by atoms with E-state index in [0.717, 1.165) is 11.3 Å². The summed E-state index contributed by atoms with van der Waals surface area (Å²) in [6, 6.07) is 0. The minimum Gasteiger partial charge on any atom is -0.490 e. The van der Waals surface area contributed by atoms with Crippen LogP contribution < -0.4 is 4.74 Å². The van der Waals surface area contributed by atoms with Gasteiger partial charge in [0.1, 0.15) is 5.75 Å². The van der Waals surface area contributed by atoms with Crippen molar-refractivity contribution in [3.63, 3.8) is 0 Å². The second-order valence-electron chi connectivity index (χ2n) is 4.35. The predicted molar refractivity (Wildman–Crippen MR) is 56.7 cm³/mol. The lowest BCUT2D eigenvalue weighted by atomic mass is 10.0. The highest BCUT2D eigenvalue weighted by molar-refractivity contribution is 5.40. The molecule has 14 heavy (non-hydrogen) atoms. The minimum atomic E-state index is 0.466. The molecule has 1 saturated carbocycles. The highest BCUT2D eigenvalue weighted by Crippen LogP contribution is 2.34. The Bertz CT molecular complexity index is 329. The number of aryl methyl sites for hydroxylation is 1. The molecule has 0 saturated heterocycles. The molecule has 0 radical (unpaired) electrons. The van der Waals surface area contributed by atoms with E-state index < -0.39 is 0 Å². The van der Waals surface area contributed by atoms with Gasteiger partial charge in [0.25, 0.3) is 0 Å². The Morgan fingerprint density at radius 3 is 2.64 bits per heavy atom. The van der Waals surface area contributed by atoms with Crippen LogP contribution in [0.15, 0.2) is 12.4 Å². The molecule has 1 fully saturated rings. The number of pyridine rings is 1. The van der Waals surface area contributed by atoms with Gasteiger partial charge in [0, 0.05) is 23.5 Å². The predicted octanol–water partition coefficient (Wildman–Crippen LogP) is 3.05. The fourth-order valence-corrected chi connectivity index (χ4v) is 1.50. The molecule has 1 aliphatic rings. The summed E-state index contributed by atoms with van der Waals surface area (Å²) in [5.74, 6) is 1.55. The van der Waals surface area contributed by atoms with Crippen molar-refractivity contribution in [2.24, 2.45) is 0 Å². The minimum absolute atomic E-state index is 0.466. The molecule has 1 aromatic heterocycles. The number of rotatable bonds is 3. The van der Waals surface area contributed by atoms with Crippen LogP contribution in [0.3, 0.4) is 0 Å². The van der Waals surface area contributed by atoms with Crippen LogP contribution in [0, 0.1) is 6.92 Å². The molecule has 0 aliphatic heterocycles. The number of hydrogen-bond acceptors (Lipinski definition) is 2. The first-order valence-electron chi connectivity index (χ1n) is 5.29. The Hall–Kier alpha value is -1.05. The Morgan fingerprint density at radius 1 is 1.36 bits per heavy atom. The Labute approximate surface area is 85.3 Å². The molecule has 0 aromatic carbocycles. The summed E-state index contributed by atoms with van der Waals surface area (Å²) in [6.45, 7) is 6.42. The van der Waals surface area contributed by atoms with E-state index in [1.807, 2.05) is 12.4 Å². The maximum Gasteiger partial charge on any atom is 0.129 e. The molecule has 0 N–H and O–H groups in total. The molecule has 1 heterocycles. The number of hydrogen-bond donors (Lipinski definition) is 0. The maximum atomic E-state index is 5.91. The fraction of sp³-hybridized carbons (Fsp3) is 0.583. The van der Waals surface area contributed by atoms with Crippen LogP contribution >= 0.6 is 0 Å². The van der Waals surface area contributed by atoms with Crippen LogP contribution in [0.25, 0.3) is 0 Å². The molecular formula is C12H17NO. The van der Waals surface area contributed by atoms with Gasteiger partial charge in [0.05, 0.1) is 6.10 Å². The van der Waals surface area contributed by atoms with Crippen LogP contribution in [-0.4, -0.2) is 11.1 Å². The summed E-state index contributed by atoms with van der Waals surface area (Å²) in [5, 5.41) is 0. The molecular weight excluding hydrogens is 174 g/mol. The van der Waals surface area contributed by atoms with Crippen molar-refractivity contribution in [1.82, 2.24) is 4.98 Å². The molecule has 2 rings (SSSR count). The molecule has 0 atom stereocenters. The van der Waals surface area contributed by atoms with Crippen LogP contribution in [0.5, 0.6) is 5.75 Å². The second kappa shape index (κ2) is 3.60.